The summed E-state index contributed by atoms with van der Waals surface area (Å²) in [6.07, 6.45) is 16.1. The average Bonchev–Trinajstić information content (AvgIpc) is 3.43. The summed E-state index contributed by atoms with van der Waals surface area (Å²) in [4.78, 5) is 19.1. The van der Waals surface area contributed by atoms with Gasteiger partial charge in [0.15, 0.2) is 0 Å². The van der Waals surface area contributed by atoms with E-state index in [1.54, 1.807) is 6.26 Å². The highest BCUT2D eigenvalue weighted by Crippen LogP contribution is 2.73. The molecule has 1 spiro atoms. The van der Waals surface area contributed by atoms with Gasteiger partial charge < -0.3 is 14.0 Å². The number of fused-ring (bicyclic) bond motifs is 4. The predicted octanol–water partition coefficient (Wildman–Crippen LogP) is 8.18. The number of carbonyl (C=O) groups excluding carboxylic acids is 1. The lowest BCUT2D eigenvalue weighted by Gasteiger charge is -2.64. The molecule has 4 fully saturated rings. The van der Waals surface area contributed by atoms with Crippen LogP contribution in [0.25, 0.3) is 17.0 Å². The molecule has 204 valence electrons. The predicted molar refractivity (Wildman–Crippen MR) is 151 cm³/mol. The highest BCUT2D eigenvalue weighted by molar-refractivity contribution is 5.93. The Morgan fingerprint density at radius 1 is 1.11 bits per heavy atom. The maximum absolute atomic E-state index is 13.2. The number of nitrogens with zero attached hydrogens (tertiary/aromatic N) is 1. The highest BCUT2D eigenvalue weighted by atomic mass is 16.6. The van der Waals surface area contributed by atoms with Crippen molar-refractivity contribution in [2.75, 3.05) is 13.2 Å². The smallest absolute Gasteiger partial charge is 0.312 e. The molecule has 6 atom stereocenters. The Hall–Kier alpha value is -2.56. The lowest BCUT2D eigenvalue weighted by Crippen LogP contribution is -2.58. The van der Waals surface area contributed by atoms with Crippen LogP contribution in [0.2, 0.25) is 0 Å². The molecule has 2 aromatic rings. The third-order valence-corrected chi connectivity index (χ3v) is 11.3. The van der Waals surface area contributed by atoms with E-state index in [0.717, 1.165) is 42.2 Å². The fourth-order valence-electron chi connectivity index (χ4n) is 9.64. The third-order valence-electron chi connectivity index (χ3n) is 11.3. The number of esters is 1. The van der Waals surface area contributed by atoms with Crippen LogP contribution in [0.3, 0.4) is 0 Å². The monoisotopic (exact) mass is 517 g/mol. The van der Waals surface area contributed by atoms with Crippen LogP contribution in [-0.4, -0.2) is 24.9 Å². The zero-order chi connectivity index (χ0) is 26.6. The van der Waals surface area contributed by atoms with Crippen molar-refractivity contribution in [3.05, 3.63) is 42.2 Å². The Balaban J connectivity index is 1.16. The van der Waals surface area contributed by atoms with Gasteiger partial charge in [-0.05, 0) is 118 Å². The molecule has 0 unspecified atom stereocenters. The van der Waals surface area contributed by atoms with Gasteiger partial charge in [-0.3, -0.25) is 4.79 Å². The second-order valence-electron chi connectivity index (χ2n) is 13.4. The van der Waals surface area contributed by atoms with E-state index in [9.17, 15) is 4.79 Å². The zero-order valence-corrected chi connectivity index (χ0v) is 23.6. The van der Waals surface area contributed by atoms with E-state index in [-0.39, 0.29) is 22.2 Å². The molecule has 5 nitrogen and oxygen atoms in total. The number of ether oxygens (including phenoxy) is 1. The van der Waals surface area contributed by atoms with Gasteiger partial charge in [0.25, 0.3) is 0 Å². The first kappa shape index (κ1) is 25.7. The lowest BCUT2D eigenvalue weighted by atomic mass is 9.40. The summed E-state index contributed by atoms with van der Waals surface area (Å²) in [6.45, 7) is 10.00. The minimum Gasteiger partial charge on any atom is -0.466 e. The maximum atomic E-state index is 13.2. The van der Waals surface area contributed by atoms with Crippen LogP contribution < -0.4 is 0 Å². The number of hydrogen-bond donors (Lipinski definition) is 0. The summed E-state index contributed by atoms with van der Waals surface area (Å²) in [6, 6.07) is 8.17. The van der Waals surface area contributed by atoms with Gasteiger partial charge in [-0.2, -0.15) is 0 Å². The molecule has 0 aliphatic heterocycles. The Bertz CT molecular complexity index is 1280. The summed E-state index contributed by atoms with van der Waals surface area (Å²) in [5, 5.41) is 5.89. The van der Waals surface area contributed by atoms with Crippen molar-refractivity contribution in [1.29, 1.82) is 0 Å². The molecule has 2 bridgehead atoms. The Kier molecular flexibility index (Phi) is 6.27. The first-order valence-corrected chi connectivity index (χ1v) is 14.7. The van der Waals surface area contributed by atoms with Crippen molar-refractivity contribution in [2.45, 2.75) is 85.5 Å². The minimum atomic E-state index is -0.349. The van der Waals surface area contributed by atoms with Crippen molar-refractivity contribution in [3.63, 3.8) is 0 Å². The summed E-state index contributed by atoms with van der Waals surface area (Å²) < 4.78 is 11.1. The second-order valence-corrected chi connectivity index (χ2v) is 13.4. The van der Waals surface area contributed by atoms with Crippen molar-refractivity contribution in [2.24, 2.45) is 38.7 Å². The van der Waals surface area contributed by atoms with Gasteiger partial charge in [0.05, 0.1) is 24.0 Å². The molecule has 4 saturated carbocycles. The standard InChI is InChI=1S/C33H43NO4/c1-5-36-29(35)32(4)15-7-14-31(3)26(32)12-17-33-21-28(30(2,22-33)16-11-27(31)33)34-38-18-6-8-23-9-10-25-24(20-23)13-19-37-25/h6,8-10,13,19-20,26-27H,5,7,11-12,14-18,21-22H2,1-4H3/b8-6+,34-28+/t26-,27-,30-,31+,32+,33-/m0/s1. The van der Waals surface area contributed by atoms with Crippen LogP contribution in [0.1, 0.15) is 91.0 Å². The van der Waals surface area contributed by atoms with Gasteiger partial charge in [-0.1, -0.05) is 37.6 Å². The van der Waals surface area contributed by atoms with Crippen LogP contribution in [0.5, 0.6) is 0 Å². The van der Waals surface area contributed by atoms with Gasteiger partial charge in [0, 0.05) is 10.8 Å². The topological polar surface area (TPSA) is 61.0 Å². The molecular formula is C33H43NO4. The SMILES string of the molecule is CCOC(=O)[C@]1(C)CCC[C@@]2(C)[C@@H]3CC[C@@]4(C)C[C@]3(CC[C@@H]21)C/C4=N\OC/C=C/c1ccc2occc2c1. The van der Waals surface area contributed by atoms with E-state index in [4.69, 9.17) is 19.1 Å². The lowest BCUT2D eigenvalue weighted by molar-refractivity contribution is -0.187. The fraction of sp³-hybridized carbons (Fsp3) is 0.636. The molecule has 0 N–H and O–H groups in total. The largest absolute Gasteiger partial charge is 0.466 e. The Morgan fingerprint density at radius 2 is 1.95 bits per heavy atom. The van der Waals surface area contributed by atoms with E-state index < -0.39 is 0 Å². The number of furan rings is 1. The first-order valence-electron chi connectivity index (χ1n) is 14.7. The van der Waals surface area contributed by atoms with E-state index in [1.165, 1.54) is 37.8 Å². The molecule has 1 aromatic heterocycles. The summed E-state index contributed by atoms with van der Waals surface area (Å²) >= 11 is 0. The number of rotatable bonds is 6. The van der Waals surface area contributed by atoms with Crippen molar-refractivity contribution in [1.82, 2.24) is 0 Å². The van der Waals surface area contributed by atoms with Crippen molar-refractivity contribution >= 4 is 28.7 Å². The molecule has 1 heterocycles. The quantitative estimate of drug-likeness (QED) is 0.220. The first-order chi connectivity index (χ1) is 18.2. The van der Waals surface area contributed by atoms with E-state index >= 15 is 0 Å². The molecular weight excluding hydrogens is 474 g/mol. The van der Waals surface area contributed by atoms with Crippen molar-refractivity contribution in [3.8, 4) is 0 Å². The van der Waals surface area contributed by atoms with E-state index in [0.29, 0.717) is 30.5 Å². The highest BCUT2D eigenvalue weighted by Gasteiger charge is 2.67. The number of carbonyl (C=O) groups is 1. The van der Waals surface area contributed by atoms with Crippen LogP contribution in [0.15, 0.2) is 46.2 Å². The molecule has 6 rings (SSSR count). The minimum absolute atomic E-state index is 0.0346. The van der Waals surface area contributed by atoms with Crippen LogP contribution in [-0.2, 0) is 14.4 Å². The third kappa shape index (κ3) is 3.95. The summed E-state index contributed by atoms with van der Waals surface area (Å²) in [5.74, 6) is 1.08. The maximum Gasteiger partial charge on any atom is 0.312 e. The van der Waals surface area contributed by atoms with Gasteiger partial charge in [-0.25, -0.2) is 0 Å². The Labute approximate surface area is 227 Å². The van der Waals surface area contributed by atoms with Crippen LogP contribution in [0, 0.1) is 33.5 Å². The number of hydrogen-bond acceptors (Lipinski definition) is 5. The molecule has 0 radical (unpaired) electrons. The number of benzene rings is 1. The van der Waals surface area contributed by atoms with Gasteiger partial charge >= 0.3 is 5.97 Å². The van der Waals surface area contributed by atoms with E-state index in [1.807, 2.05) is 25.1 Å². The zero-order valence-electron chi connectivity index (χ0n) is 23.6. The normalized spacial score (nSPS) is 39.3. The van der Waals surface area contributed by atoms with E-state index in [2.05, 4.69) is 39.0 Å². The second kappa shape index (κ2) is 9.27. The molecule has 38 heavy (non-hydrogen) atoms. The van der Waals surface area contributed by atoms with Gasteiger partial charge in [0.1, 0.15) is 12.2 Å². The number of oxime groups is 1. The molecule has 5 heteroatoms. The van der Waals surface area contributed by atoms with Crippen LogP contribution in [0.4, 0.5) is 0 Å². The van der Waals surface area contributed by atoms with Gasteiger partial charge in [0.2, 0.25) is 0 Å². The average molecular weight is 518 g/mol. The summed E-state index contributed by atoms with van der Waals surface area (Å²) in [5.41, 5.74) is 3.57. The summed E-state index contributed by atoms with van der Waals surface area (Å²) in [7, 11) is 0. The van der Waals surface area contributed by atoms with Crippen LogP contribution >= 0.6 is 0 Å². The van der Waals surface area contributed by atoms with Crippen molar-refractivity contribution < 1.29 is 18.8 Å². The molecule has 1 aromatic carbocycles. The van der Waals surface area contributed by atoms with Gasteiger partial charge in [-0.15, -0.1) is 0 Å². The molecule has 4 aliphatic carbocycles. The molecule has 0 saturated heterocycles. The fourth-order valence-corrected chi connectivity index (χ4v) is 9.64. The molecule has 0 amide bonds. The Morgan fingerprint density at radius 3 is 2.79 bits per heavy atom. The molecule has 4 aliphatic rings.